The van der Waals surface area contributed by atoms with Crippen molar-refractivity contribution in [2.45, 2.75) is 27.2 Å². The number of aryl methyl sites for hydroxylation is 2. The molecule has 1 N–H and O–H groups in total. The van der Waals surface area contributed by atoms with Crippen molar-refractivity contribution in [2.75, 3.05) is 16.8 Å². The summed E-state index contributed by atoms with van der Waals surface area (Å²) >= 11 is 0. The predicted molar refractivity (Wildman–Crippen MR) is 103 cm³/mol. The normalized spacial score (nSPS) is 13.0. The molecule has 0 amide bonds. The monoisotopic (exact) mass is 330 g/mol. The van der Waals surface area contributed by atoms with E-state index in [1.807, 2.05) is 13.0 Å². The van der Waals surface area contributed by atoms with Gasteiger partial charge in [-0.2, -0.15) is 4.98 Å². The van der Waals surface area contributed by atoms with Crippen molar-refractivity contribution in [1.29, 1.82) is 0 Å². The molecule has 25 heavy (non-hydrogen) atoms. The molecule has 0 radical (unpaired) electrons. The Bertz CT molecular complexity index is 933. The van der Waals surface area contributed by atoms with Crippen LogP contribution in [-0.2, 0) is 6.42 Å². The second kappa shape index (κ2) is 6.20. The summed E-state index contributed by atoms with van der Waals surface area (Å²) in [4.78, 5) is 11.7. The minimum absolute atomic E-state index is 0.762. The molecular weight excluding hydrogens is 308 g/mol. The van der Waals surface area contributed by atoms with Crippen molar-refractivity contribution < 1.29 is 0 Å². The van der Waals surface area contributed by atoms with Crippen molar-refractivity contribution in [2.24, 2.45) is 0 Å². The molecule has 0 spiro atoms. The van der Waals surface area contributed by atoms with E-state index in [0.29, 0.717) is 0 Å². The average molecular weight is 330 g/mol. The summed E-state index contributed by atoms with van der Waals surface area (Å²) in [6, 6.07) is 16.8. The lowest BCUT2D eigenvalue weighted by molar-refractivity contribution is 0.931. The van der Waals surface area contributed by atoms with Crippen LogP contribution in [0, 0.1) is 20.8 Å². The van der Waals surface area contributed by atoms with Crippen LogP contribution in [-0.4, -0.2) is 16.5 Å². The van der Waals surface area contributed by atoms with E-state index in [-0.39, 0.29) is 0 Å². The highest BCUT2D eigenvalue weighted by Crippen LogP contribution is 2.33. The SMILES string of the molecule is Cc1cc(Nc2cccc(C)c2C)nc(N2CCc3ccccc32)n1. The number of anilines is 4. The van der Waals surface area contributed by atoms with Gasteiger partial charge in [0.25, 0.3) is 0 Å². The summed E-state index contributed by atoms with van der Waals surface area (Å²) in [7, 11) is 0. The molecule has 1 aliphatic heterocycles. The van der Waals surface area contributed by atoms with Crippen molar-refractivity contribution in [3.63, 3.8) is 0 Å². The van der Waals surface area contributed by atoms with Gasteiger partial charge in [-0.25, -0.2) is 4.98 Å². The minimum Gasteiger partial charge on any atom is -0.340 e. The Morgan fingerprint density at radius 2 is 1.80 bits per heavy atom. The maximum atomic E-state index is 4.78. The number of nitrogens with one attached hydrogen (secondary N) is 1. The van der Waals surface area contributed by atoms with Crippen LogP contribution in [0.5, 0.6) is 0 Å². The van der Waals surface area contributed by atoms with Crippen molar-refractivity contribution in [3.8, 4) is 0 Å². The van der Waals surface area contributed by atoms with E-state index in [0.717, 1.165) is 36.1 Å². The van der Waals surface area contributed by atoms with Gasteiger partial charge in [0.1, 0.15) is 5.82 Å². The number of para-hydroxylation sites is 1. The zero-order valence-corrected chi connectivity index (χ0v) is 14.9. The quantitative estimate of drug-likeness (QED) is 0.746. The van der Waals surface area contributed by atoms with Crippen LogP contribution in [0.4, 0.5) is 23.1 Å². The zero-order valence-electron chi connectivity index (χ0n) is 14.9. The second-order valence-electron chi connectivity index (χ2n) is 6.60. The Hall–Kier alpha value is -2.88. The van der Waals surface area contributed by atoms with Gasteiger partial charge in [-0.15, -0.1) is 0 Å². The van der Waals surface area contributed by atoms with E-state index < -0.39 is 0 Å². The Kier molecular flexibility index (Phi) is 3.88. The lowest BCUT2D eigenvalue weighted by atomic mass is 10.1. The highest BCUT2D eigenvalue weighted by atomic mass is 15.3. The van der Waals surface area contributed by atoms with Gasteiger partial charge < -0.3 is 10.2 Å². The van der Waals surface area contributed by atoms with E-state index in [1.54, 1.807) is 0 Å². The van der Waals surface area contributed by atoms with E-state index in [9.17, 15) is 0 Å². The molecule has 4 rings (SSSR count). The minimum atomic E-state index is 0.762. The third-order valence-corrected chi connectivity index (χ3v) is 4.84. The van der Waals surface area contributed by atoms with Gasteiger partial charge in [0.2, 0.25) is 5.95 Å². The van der Waals surface area contributed by atoms with E-state index in [1.165, 1.54) is 22.4 Å². The highest BCUT2D eigenvalue weighted by molar-refractivity contribution is 5.68. The molecule has 2 heterocycles. The molecule has 3 aromatic rings. The van der Waals surface area contributed by atoms with Crippen LogP contribution in [0.1, 0.15) is 22.4 Å². The predicted octanol–water partition coefficient (Wildman–Crippen LogP) is 4.84. The lowest BCUT2D eigenvalue weighted by Crippen LogP contribution is -2.17. The number of nitrogens with zero attached hydrogens (tertiary/aromatic N) is 3. The number of hydrogen-bond acceptors (Lipinski definition) is 4. The average Bonchev–Trinajstić information content (AvgIpc) is 3.03. The fourth-order valence-corrected chi connectivity index (χ4v) is 3.31. The summed E-state index contributed by atoms with van der Waals surface area (Å²) < 4.78 is 0. The molecule has 4 nitrogen and oxygen atoms in total. The lowest BCUT2D eigenvalue weighted by Gasteiger charge is -2.19. The van der Waals surface area contributed by atoms with Gasteiger partial charge in [-0.3, -0.25) is 0 Å². The topological polar surface area (TPSA) is 41.1 Å². The molecule has 1 aliphatic rings. The molecule has 1 aromatic heterocycles. The Labute approximate surface area is 148 Å². The smallest absolute Gasteiger partial charge is 0.232 e. The van der Waals surface area contributed by atoms with Crippen molar-refractivity contribution in [1.82, 2.24) is 9.97 Å². The van der Waals surface area contributed by atoms with E-state index in [4.69, 9.17) is 4.98 Å². The van der Waals surface area contributed by atoms with Gasteiger partial charge in [-0.05, 0) is 56.0 Å². The van der Waals surface area contributed by atoms with Crippen LogP contribution in [0.15, 0.2) is 48.5 Å². The molecule has 0 unspecified atom stereocenters. The first kappa shape index (κ1) is 15.6. The molecule has 0 saturated carbocycles. The van der Waals surface area contributed by atoms with Crippen LogP contribution < -0.4 is 10.2 Å². The van der Waals surface area contributed by atoms with Gasteiger partial charge in [-0.1, -0.05) is 30.3 Å². The molecule has 4 heteroatoms. The first-order chi connectivity index (χ1) is 12.1. The van der Waals surface area contributed by atoms with Crippen molar-refractivity contribution in [3.05, 3.63) is 70.9 Å². The fourth-order valence-electron chi connectivity index (χ4n) is 3.31. The molecule has 126 valence electrons. The number of benzene rings is 2. The summed E-state index contributed by atoms with van der Waals surface area (Å²) in [5.74, 6) is 1.60. The maximum absolute atomic E-state index is 4.78. The molecule has 0 saturated heterocycles. The Morgan fingerprint density at radius 3 is 2.68 bits per heavy atom. The Balaban J connectivity index is 1.69. The van der Waals surface area contributed by atoms with Crippen LogP contribution in [0.2, 0.25) is 0 Å². The maximum Gasteiger partial charge on any atom is 0.232 e. The number of rotatable bonds is 3. The molecule has 0 fully saturated rings. The second-order valence-corrected chi connectivity index (χ2v) is 6.60. The first-order valence-electron chi connectivity index (χ1n) is 8.66. The summed E-state index contributed by atoms with van der Waals surface area (Å²) in [6.07, 6.45) is 1.03. The number of aromatic nitrogens is 2. The molecule has 2 aromatic carbocycles. The van der Waals surface area contributed by atoms with Gasteiger partial charge in [0, 0.05) is 29.7 Å². The third-order valence-electron chi connectivity index (χ3n) is 4.84. The van der Waals surface area contributed by atoms with Crippen LogP contribution in [0.25, 0.3) is 0 Å². The van der Waals surface area contributed by atoms with Gasteiger partial charge in [0.05, 0.1) is 0 Å². The van der Waals surface area contributed by atoms with E-state index in [2.05, 4.69) is 71.5 Å². The summed E-state index contributed by atoms with van der Waals surface area (Å²) in [6.45, 7) is 7.19. The number of fused-ring (bicyclic) bond motifs is 1. The van der Waals surface area contributed by atoms with Crippen LogP contribution >= 0.6 is 0 Å². The Morgan fingerprint density at radius 1 is 0.960 bits per heavy atom. The fraction of sp³-hybridized carbons (Fsp3) is 0.238. The third kappa shape index (κ3) is 2.95. The summed E-state index contributed by atoms with van der Waals surface area (Å²) in [5.41, 5.74) is 7.13. The molecule has 0 bridgehead atoms. The molecular formula is C21H22N4. The van der Waals surface area contributed by atoms with Gasteiger partial charge >= 0.3 is 0 Å². The standard InChI is InChI=1S/C21H22N4/c1-14-7-6-9-18(16(14)3)23-20-13-15(2)22-21(24-20)25-12-11-17-8-4-5-10-19(17)25/h4-10,13H,11-12H2,1-3H3,(H,22,23,24). The zero-order chi connectivity index (χ0) is 17.4. The highest BCUT2D eigenvalue weighted by Gasteiger charge is 2.22. The summed E-state index contributed by atoms with van der Waals surface area (Å²) in [5, 5.41) is 3.46. The number of hydrogen-bond donors (Lipinski definition) is 1. The van der Waals surface area contributed by atoms with Crippen LogP contribution in [0.3, 0.4) is 0 Å². The first-order valence-corrected chi connectivity index (χ1v) is 8.66. The molecule has 0 aliphatic carbocycles. The van der Waals surface area contributed by atoms with Gasteiger partial charge in [0.15, 0.2) is 0 Å². The largest absolute Gasteiger partial charge is 0.340 e. The molecule has 0 atom stereocenters. The van der Waals surface area contributed by atoms with Crippen molar-refractivity contribution >= 4 is 23.1 Å². The van der Waals surface area contributed by atoms with E-state index >= 15 is 0 Å².